The van der Waals surface area contributed by atoms with Crippen LogP contribution in [0.4, 0.5) is 11.4 Å². The van der Waals surface area contributed by atoms with E-state index in [4.69, 9.17) is 0 Å². The lowest BCUT2D eigenvalue weighted by Crippen LogP contribution is -2.27. The summed E-state index contributed by atoms with van der Waals surface area (Å²) in [6.07, 6.45) is 2.50. The molecule has 1 aromatic carbocycles. The van der Waals surface area contributed by atoms with Crippen molar-refractivity contribution in [2.24, 2.45) is 0 Å². The van der Waals surface area contributed by atoms with Crippen molar-refractivity contribution in [1.82, 2.24) is 5.32 Å². The van der Waals surface area contributed by atoms with Crippen LogP contribution in [0.3, 0.4) is 0 Å². The molecule has 1 aromatic rings. The molecule has 0 saturated carbocycles. The number of anilines is 1. The van der Waals surface area contributed by atoms with Crippen LogP contribution in [0, 0.1) is 10.1 Å². The molecule has 1 heterocycles. The van der Waals surface area contributed by atoms with Crippen molar-refractivity contribution >= 4 is 29.7 Å². The van der Waals surface area contributed by atoms with Crippen molar-refractivity contribution in [3.63, 3.8) is 0 Å². The fraction of sp³-hybridized carbons (Fsp3) is 0.417. The molecule has 0 radical (unpaired) electrons. The van der Waals surface area contributed by atoms with Crippen molar-refractivity contribution < 1.29 is 9.72 Å². The monoisotopic (exact) mass is 285 g/mol. The van der Waals surface area contributed by atoms with Crippen molar-refractivity contribution in [1.29, 1.82) is 0 Å². The number of carbonyl (C=O) groups is 1. The van der Waals surface area contributed by atoms with E-state index in [1.165, 1.54) is 12.1 Å². The van der Waals surface area contributed by atoms with Gasteiger partial charge in [0.15, 0.2) is 0 Å². The predicted molar refractivity (Wildman–Crippen MR) is 74.6 cm³/mol. The first kappa shape index (κ1) is 15.4. The summed E-state index contributed by atoms with van der Waals surface area (Å²) in [6.45, 7) is 0.953. The first-order valence-corrected chi connectivity index (χ1v) is 5.93. The molecule has 1 aliphatic heterocycles. The molecule has 19 heavy (non-hydrogen) atoms. The Morgan fingerprint density at radius 2 is 2.32 bits per heavy atom. The van der Waals surface area contributed by atoms with Gasteiger partial charge >= 0.3 is 0 Å². The second-order valence-electron chi connectivity index (χ2n) is 4.35. The van der Waals surface area contributed by atoms with E-state index >= 15 is 0 Å². The molecule has 0 bridgehead atoms. The molecule has 2 rings (SSSR count). The summed E-state index contributed by atoms with van der Waals surface area (Å²) in [5, 5.41) is 16.5. The fourth-order valence-electron chi connectivity index (χ4n) is 2.06. The second-order valence-corrected chi connectivity index (χ2v) is 4.35. The highest BCUT2D eigenvalue weighted by Crippen LogP contribution is 2.17. The molecule has 104 valence electrons. The second kappa shape index (κ2) is 7.06. The van der Waals surface area contributed by atoms with E-state index in [0.29, 0.717) is 12.1 Å². The number of hydrogen-bond acceptors (Lipinski definition) is 4. The summed E-state index contributed by atoms with van der Waals surface area (Å²) in [6, 6.07) is 6.19. The minimum Gasteiger partial charge on any atom is -0.326 e. The summed E-state index contributed by atoms with van der Waals surface area (Å²) in [4.78, 5) is 21.9. The van der Waals surface area contributed by atoms with Gasteiger partial charge in [-0.1, -0.05) is 6.07 Å². The maximum absolute atomic E-state index is 11.7. The largest absolute Gasteiger partial charge is 0.326 e. The molecule has 2 N–H and O–H groups in total. The molecule has 0 aliphatic carbocycles. The molecular weight excluding hydrogens is 270 g/mol. The van der Waals surface area contributed by atoms with Crippen LogP contribution >= 0.6 is 12.4 Å². The van der Waals surface area contributed by atoms with Crippen LogP contribution in [0.5, 0.6) is 0 Å². The number of nitrogens with one attached hydrogen (secondary N) is 2. The minimum absolute atomic E-state index is 0. The third kappa shape index (κ3) is 4.50. The highest BCUT2D eigenvalue weighted by Gasteiger charge is 2.18. The summed E-state index contributed by atoms with van der Waals surface area (Å²) >= 11 is 0. The number of non-ortho nitro benzene ring substituents is 1. The van der Waals surface area contributed by atoms with Gasteiger partial charge < -0.3 is 10.6 Å². The number of rotatable bonds is 4. The van der Waals surface area contributed by atoms with E-state index < -0.39 is 4.92 Å². The summed E-state index contributed by atoms with van der Waals surface area (Å²) in [7, 11) is 0. The Hall–Kier alpha value is -1.66. The lowest BCUT2D eigenvalue weighted by atomic mass is 10.1. The topological polar surface area (TPSA) is 84.3 Å². The Morgan fingerprint density at radius 3 is 2.95 bits per heavy atom. The number of nitro groups is 1. The van der Waals surface area contributed by atoms with E-state index in [9.17, 15) is 14.9 Å². The van der Waals surface area contributed by atoms with Gasteiger partial charge in [-0.25, -0.2) is 0 Å². The molecule has 1 amide bonds. The van der Waals surface area contributed by atoms with Crippen LogP contribution in [0.2, 0.25) is 0 Å². The van der Waals surface area contributed by atoms with Crippen molar-refractivity contribution in [2.45, 2.75) is 25.3 Å². The molecule has 1 aliphatic rings. The highest BCUT2D eigenvalue weighted by molar-refractivity contribution is 5.91. The summed E-state index contributed by atoms with van der Waals surface area (Å²) in [5.41, 5.74) is 0.444. The third-order valence-electron chi connectivity index (χ3n) is 2.93. The average molecular weight is 286 g/mol. The first-order chi connectivity index (χ1) is 8.65. The maximum atomic E-state index is 11.7. The molecule has 1 fully saturated rings. The van der Waals surface area contributed by atoms with Crippen molar-refractivity contribution in [3.8, 4) is 0 Å². The maximum Gasteiger partial charge on any atom is 0.271 e. The van der Waals surface area contributed by atoms with Crippen LogP contribution in [-0.4, -0.2) is 23.4 Å². The molecular formula is C12H16ClN3O3. The number of benzene rings is 1. The summed E-state index contributed by atoms with van der Waals surface area (Å²) < 4.78 is 0. The number of nitrogens with zero attached hydrogens (tertiary/aromatic N) is 1. The molecule has 1 unspecified atom stereocenters. The molecule has 0 aromatic heterocycles. The van der Waals surface area contributed by atoms with Gasteiger partial charge in [0.1, 0.15) is 0 Å². The van der Waals surface area contributed by atoms with Gasteiger partial charge in [-0.3, -0.25) is 14.9 Å². The first-order valence-electron chi connectivity index (χ1n) is 5.93. The Morgan fingerprint density at radius 1 is 1.53 bits per heavy atom. The SMILES string of the molecule is Cl.O=C(CC1CCCN1)Nc1cccc([N+](=O)[O-])c1. The van der Waals surface area contributed by atoms with Crippen LogP contribution in [-0.2, 0) is 4.79 Å². The van der Waals surface area contributed by atoms with Crippen LogP contribution in [0.15, 0.2) is 24.3 Å². The average Bonchev–Trinajstić information content (AvgIpc) is 2.82. The van der Waals surface area contributed by atoms with Gasteiger partial charge in [0.05, 0.1) is 4.92 Å². The Balaban J connectivity index is 0.00000180. The Labute approximate surface area is 117 Å². The number of amides is 1. The molecule has 1 atom stereocenters. The zero-order chi connectivity index (χ0) is 13.0. The van der Waals surface area contributed by atoms with Crippen LogP contribution in [0.1, 0.15) is 19.3 Å². The quantitative estimate of drug-likeness (QED) is 0.655. The summed E-state index contributed by atoms with van der Waals surface area (Å²) in [5.74, 6) is -0.116. The molecule has 6 nitrogen and oxygen atoms in total. The molecule has 1 saturated heterocycles. The van der Waals surface area contributed by atoms with Gasteiger partial charge in [-0.2, -0.15) is 0 Å². The van der Waals surface area contributed by atoms with Crippen LogP contribution in [0.25, 0.3) is 0 Å². The smallest absolute Gasteiger partial charge is 0.271 e. The highest BCUT2D eigenvalue weighted by atomic mass is 35.5. The zero-order valence-corrected chi connectivity index (χ0v) is 11.1. The van der Waals surface area contributed by atoms with Gasteiger partial charge in [-0.15, -0.1) is 12.4 Å². The number of nitro benzene ring substituents is 1. The minimum atomic E-state index is -0.478. The third-order valence-corrected chi connectivity index (χ3v) is 2.93. The van der Waals surface area contributed by atoms with E-state index in [-0.39, 0.29) is 30.0 Å². The normalized spacial score (nSPS) is 17.6. The Bertz CT molecular complexity index is 461. The Kier molecular flexibility index (Phi) is 5.72. The van der Waals surface area contributed by atoms with E-state index in [0.717, 1.165) is 19.4 Å². The van der Waals surface area contributed by atoms with Gasteiger partial charge in [0, 0.05) is 30.3 Å². The fourth-order valence-corrected chi connectivity index (χ4v) is 2.06. The van der Waals surface area contributed by atoms with Gasteiger partial charge in [0.25, 0.3) is 5.69 Å². The lowest BCUT2D eigenvalue weighted by molar-refractivity contribution is -0.384. The number of carbonyl (C=O) groups excluding carboxylic acids is 1. The van der Waals surface area contributed by atoms with E-state index in [1.54, 1.807) is 12.1 Å². The molecule has 7 heteroatoms. The van der Waals surface area contributed by atoms with Crippen molar-refractivity contribution in [2.75, 3.05) is 11.9 Å². The van der Waals surface area contributed by atoms with Crippen molar-refractivity contribution in [3.05, 3.63) is 34.4 Å². The van der Waals surface area contributed by atoms with Gasteiger partial charge in [0.2, 0.25) is 5.91 Å². The van der Waals surface area contributed by atoms with E-state index in [1.807, 2.05) is 0 Å². The van der Waals surface area contributed by atoms with E-state index in [2.05, 4.69) is 10.6 Å². The lowest BCUT2D eigenvalue weighted by Gasteiger charge is -2.10. The van der Waals surface area contributed by atoms with Gasteiger partial charge in [-0.05, 0) is 25.5 Å². The van der Waals surface area contributed by atoms with Crippen LogP contribution < -0.4 is 10.6 Å². The predicted octanol–water partition coefficient (Wildman–Crippen LogP) is 2.10. The molecule has 0 spiro atoms. The number of hydrogen-bond donors (Lipinski definition) is 2. The number of halogens is 1. The standard InChI is InChI=1S/C12H15N3O3.ClH/c16-12(8-9-4-2-6-13-9)14-10-3-1-5-11(7-10)15(17)18;/h1,3,5,7,9,13H,2,4,6,8H2,(H,14,16);1H. The zero-order valence-electron chi connectivity index (χ0n) is 10.3.